The molecule has 0 aromatic carbocycles. The molecule has 0 heterocycles. The molecule has 27 heavy (non-hydrogen) atoms. The van der Waals surface area contributed by atoms with Crippen LogP contribution in [0.2, 0.25) is 0 Å². The summed E-state index contributed by atoms with van der Waals surface area (Å²) in [7, 11) is 0. The maximum Gasteiger partial charge on any atom is 0.339 e. The van der Waals surface area contributed by atoms with Crippen molar-refractivity contribution >= 4 is 17.2 Å². The molecule has 0 amide bonds. The Hall–Kier alpha value is -3.79. The van der Waals surface area contributed by atoms with E-state index in [1.807, 2.05) is 36.5 Å². The molecule has 0 aliphatic heterocycles. The molecule has 0 saturated carbocycles. The minimum Gasteiger partial charge on any atom is -0.362 e. The summed E-state index contributed by atoms with van der Waals surface area (Å²) in [5.41, 5.74) is 13.1. The van der Waals surface area contributed by atoms with Crippen molar-refractivity contribution in [2.24, 2.45) is 15.4 Å². The van der Waals surface area contributed by atoms with Crippen LogP contribution in [0.1, 0.15) is 19.3 Å². The maximum atomic E-state index is 12.5. The van der Waals surface area contributed by atoms with E-state index < -0.39 is 0 Å². The van der Waals surface area contributed by atoms with Crippen molar-refractivity contribution in [2.75, 3.05) is 0 Å². The first kappa shape index (κ1) is 18.0. The van der Waals surface area contributed by atoms with Crippen LogP contribution in [0.15, 0.2) is 98.5 Å². The summed E-state index contributed by atoms with van der Waals surface area (Å²) in [6.45, 7) is 0. The van der Waals surface area contributed by atoms with E-state index in [9.17, 15) is 4.79 Å². The van der Waals surface area contributed by atoms with Crippen LogP contribution < -0.4 is 0 Å². The van der Waals surface area contributed by atoms with Gasteiger partial charge >= 0.3 is 5.08 Å². The van der Waals surface area contributed by atoms with Crippen LogP contribution in [0.5, 0.6) is 0 Å². The lowest BCUT2D eigenvalue weighted by atomic mass is 9.87. The first-order chi connectivity index (χ1) is 13.2. The third kappa shape index (κ3) is 4.64. The van der Waals surface area contributed by atoms with Crippen molar-refractivity contribution < 1.29 is 4.79 Å². The second-order valence-electron chi connectivity index (χ2n) is 6.07. The van der Waals surface area contributed by atoms with E-state index >= 15 is 0 Å². The van der Waals surface area contributed by atoms with E-state index in [2.05, 4.69) is 20.5 Å². The van der Waals surface area contributed by atoms with Gasteiger partial charge in [0.25, 0.3) is 5.39 Å². The van der Waals surface area contributed by atoms with Crippen molar-refractivity contribution in [3.8, 4) is 0 Å². The number of nitrogens with zero attached hydrogens (tertiary/aromatic N) is 6. The van der Waals surface area contributed by atoms with E-state index in [0.717, 1.165) is 29.6 Å². The minimum absolute atomic E-state index is 0.123. The lowest BCUT2D eigenvalue weighted by molar-refractivity contribution is -0.115. The van der Waals surface area contributed by atoms with E-state index in [1.165, 1.54) is 0 Å². The summed E-state index contributed by atoms with van der Waals surface area (Å²) in [4.78, 5) is 12.5. The molecule has 132 valence electrons. The molecular formula is C20H16N6O. The van der Waals surface area contributed by atoms with Crippen LogP contribution in [0.25, 0.3) is 10.6 Å². The summed E-state index contributed by atoms with van der Waals surface area (Å²) in [6.07, 6.45) is 20.4. The van der Waals surface area contributed by atoms with Crippen LogP contribution >= 0.6 is 0 Å². The van der Waals surface area contributed by atoms with Crippen LogP contribution in [-0.4, -0.2) is 17.2 Å². The molecule has 0 aromatic rings. The van der Waals surface area contributed by atoms with Gasteiger partial charge in [0, 0.05) is 12.0 Å². The molecule has 7 nitrogen and oxygen atoms in total. The molecule has 0 bridgehead atoms. The lowest BCUT2D eigenvalue weighted by Gasteiger charge is -2.16. The zero-order valence-electron chi connectivity index (χ0n) is 14.5. The average molecular weight is 356 g/mol. The number of rotatable bonds is 3. The van der Waals surface area contributed by atoms with E-state index in [4.69, 9.17) is 10.9 Å². The summed E-state index contributed by atoms with van der Waals surface area (Å²) in [5, 5.41) is 21.1. The highest BCUT2D eigenvalue weighted by Gasteiger charge is 2.18. The van der Waals surface area contributed by atoms with Crippen LogP contribution in [0.4, 0.5) is 0 Å². The monoisotopic (exact) mass is 356 g/mol. The smallest absolute Gasteiger partial charge is 0.339 e. The van der Waals surface area contributed by atoms with Crippen molar-refractivity contribution in [3.63, 3.8) is 0 Å². The topological polar surface area (TPSA) is 105 Å². The van der Waals surface area contributed by atoms with Gasteiger partial charge in [-0.15, -0.1) is 0 Å². The number of ketones is 1. The van der Waals surface area contributed by atoms with Gasteiger partial charge in [-0.3, -0.25) is 10.0 Å². The van der Waals surface area contributed by atoms with Gasteiger partial charge in [0.1, 0.15) is 0 Å². The summed E-state index contributed by atoms with van der Waals surface area (Å²) in [5.74, 6) is 0.123. The van der Waals surface area contributed by atoms with Gasteiger partial charge in [0.2, 0.25) is 0 Å². The van der Waals surface area contributed by atoms with Crippen LogP contribution in [-0.2, 0) is 4.79 Å². The molecule has 0 fully saturated rings. The molecule has 0 saturated heterocycles. The Balaban J connectivity index is 1.92. The van der Waals surface area contributed by atoms with E-state index in [0.29, 0.717) is 23.4 Å². The van der Waals surface area contributed by atoms with Gasteiger partial charge in [0.05, 0.1) is 0 Å². The Kier molecular flexibility index (Phi) is 5.70. The third-order valence-corrected chi connectivity index (χ3v) is 4.25. The predicted octanol–water partition coefficient (Wildman–Crippen LogP) is 4.73. The number of allylic oxidation sites excluding steroid dienone is 14. The molecular weight excluding hydrogens is 340 g/mol. The molecule has 0 unspecified atom stereocenters. The van der Waals surface area contributed by atoms with Gasteiger partial charge in [-0.2, -0.15) is 0 Å². The summed E-state index contributed by atoms with van der Waals surface area (Å²) < 4.78 is 0. The van der Waals surface area contributed by atoms with Crippen molar-refractivity contribution in [2.45, 2.75) is 19.3 Å². The molecule has 0 spiro atoms. The van der Waals surface area contributed by atoms with E-state index in [1.54, 1.807) is 24.3 Å². The Morgan fingerprint density at radius 1 is 0.926 bits per heavy atom. The molecule has 0 atom stereocenters. The van der Waals surface area contributed by atoms with Crippen molar-refractivity contribution in [3.05, 3.63) is 93.7 Å². The van der Waals surface area contributed by atoms with Crippen molar-refractivity contribution in [1.29, 1.82) is 5.39 Å². The Labute approximate surface area is 156 Å². The Bertz CT molecular complexity index is 954. The average Bonchev–Trinajstić information content (AvgIpc) is 2.68. The Morgan fingerprint density at radius 3 is 2.19 bits per heavy atom. The van der Waals surface area contributed by atoms with Gasteiger partial charge in [0.15, 0.2) is 16.6 Å². The number of diazo groups is 1. The molecule has 3 aliphatic carbocycles. The molecule has 3 rings (SSSR count). The number of Topliss-reactive ketones (excluding diaryl/α,β-unsaturated/α-hetero) is 1. The quantitative estimate of drug-likeness (QED) is 0.414. The largest absolute Gasteiger partial charge is 0.362 e. The lowest BCUT2D eigenvalue weighted by Crippen LogP contribution is -2.10. The predicted molar refractivity (Wildman–Crippen MR) is 104 cm³/mol. The molecule has 0 aromatic heterocycles. The molecule has 0 N–H and O–H groups in total. The maximum absolute atomic E-state index is 12.5. The highest BCUT2D eigenvalue weighted by Crippen LogP contribution is 2.27. The molecule has 3 aliphatic rings. The molecule has 7 heteroatoms. The second kappa shape index (κ2) is 8.54. The number of hydrogen-bond donors (Lipinski definition) is 0. The number of carbonyl (C=O) groups is 1. The van der Waals surface area contributed by atoms with Gasteiger partial charge in [-0.1, -0.05) is 42.5 Å². The normalized spacial score (nSPS) is 18.6. The third-order valence-electron chi connectivity index (χ3n) is 4.25. The summed E-state index contributed by atoms with van der Waals surface area (Å²) >= 11 is 0. The molecule has 0 radical (unpaired) electrons. The fourth-order valence-corrected chi connectivity index (χ4v) is 2.96. The fourth-order valence-electron chi connectivity index (χ4n) is 2.96. The summed E-state index contributed by atoms with van der Waals surface area (Å²) in [6, 6.07) is 0. The second-order valence-corrected chi connectivity index (χ2v) is 6.07. The standard InChI is InChI=1S/C20H16N6O/c21-25-23-17-8-4-14(5-9-17)12-16-2-1-3-20(27)19(16)13-15-6-10-18(11-7-15)24-26-22/h4-13H,1-3H2. The first-order valence-electron chi connectivity index (χ1n) is 8.46. The van der Waals surface area contributed by atoms with E-state index in [-0.39, 0.29) is 5.78 Å². The zero-order chi connectivity index (χ0) is 19.1. The zero-order valence-corrected chi connectivity index (χ0v) is 14.5. The van der Waals surface area contributed by atoms with Crippen LogP contribution in [0.3, 0.4) is 0 Å². The van der Waals surface area contributed by atoms with Crippen molar-refractivity contribution in [1.82, 2.24) is 0 Å². The van der Waals surface area contributed by atoms with Gasteiger partial charge in [-0.05, 0) is 53.5 Å². The Morgan fingerprint density at radius 2 is 1.56 bits per heavy atom. The fraction of sp³-hybridized carbons (Fsp3) is 0.150. The first-order valence-corrected chi connectivity index (χ1v) is 8.46. The van der Waals surface area contributed by atoms with Crippen LogP contribution in [0, 0.1) is 5.39 Å². The van der Waals surface area contributed by atoms with Gasteiger partial charge < -0.3 is 10.6 Å². The number of carbonyl (C=O) groups excluding carboxylic acids is 1. The highest BCUT2D eigenvalue weighted by molar-refractivity contribution is 6.07. The minimum atomic E-state index is 0.123. The van der Waals surface area contributed by atoms with Gasteiger partial charge in [-0.25, -0.2) is 0 Å². The SMILES string of the molecule is N#[N+]N=C1C=CC(=CC2=C(C=C3C=CC(=NN=[N-])C=C3)C(=O)CCC2)C=C1. The highest BCUT2D eigenvalue weighted by atomic mass is 16.1. The number of hydrogen-bond acceptors (Lipinski definition) is 4.